The van der Waals surface area contributed by atoms with Gasteiger partial charge in [-0.3, -0.25) is 14.5 Å². The van der Waals surface area contributed by atoms with Crippen molar-refractivity contribution in [1.82, 2.24) is 15.5 Å². The molecule has 1 aliphatic heterocycles. The van der Waals surface area contributed by atoms with Gasteiger partial charge in [-0.05, 0) is 31.0 Å². The Bertz CT molecular complexity index is 632. The van der Waals surface area contributed by atoms with Gasteiger partial charge >= 0.3 is 6.03 Å². The number of benzene rings is 1. The first kappa shape index (κ1) is 18.3. The molecule has 1 aromatic rings. The molecule has 0 aliphatic carbocycles. The van der Waals surface area contributed by atoms with Crippen molar-refractivity contribution >= 4 is 29.4 Å². The topological polar surface area (TPSA) is 78.5 Å². The Labute approximate surface area is 146 Å². The minimum atomic E-state index is -1.19. The van der Waals surface area contributed by atoms with E-state index in [2.05, 4.69) is 17.6 Å². The zero-order valence-corrected chi connectivity index (χ0v) is 14.7. The van der Waals surface area contributed by atoms with Crippen molar-refractivity contribution in [3.05, 3.63) is 34.9 Å². The number of urea groups is 1. The summed E-state index contributed by atoms with van der Waals surface area (Å²) in [6.45, 7) is 3.97. The van der Waals surface area contributed by atoms with Crippen LogP contribution in [0.15, 0.2) is 24.3 Å². The highest BCUT2D eigenvalue weighted by atomic mass is 35.5. The lowest BCUT2D eigenvalue weighted by Gasteiger charge is -2.22. The highest BCUT2D eigenvalue weighted by Gasteiger charge is 2.49. The van der Waals surface area contributed by atoms with E-state index >= 15 is 0 Å². The van der Waals surface area contributed by atoms with Gasteiger partial charge in [0.05, 0.1) is 0 Å². The molecule has 2 N–H and O–H groups in total. The molecule has 1 saturated heterocycles. The highest BCUT2D eigenvalue weighted by Crippen LogP contribution is 2.29. The van der Waals surface area contributed by atoms with E-state index in [0.717, 1.165) is 24.2 Å². The van der Waals surface area contributed by atoms with Crippen LogP contribution in [-0.2, 0) is 15.1 Å². The molecule has 0 aromatic heterocycles. The minimum absolute atomic E-state index is 0.278. The van der Waals surface area contributed by atoms with E-state index in [9.17, 15) is 14.4 Å². The Morgan fingerprint density at radius 3 is 2.54 bits per heavy atom. The summed E-state index contributed by atoms with van der Waals surface area (Å²) in [4.78, 5) is 37.7. The van der Waals surface area contributed by atoms with Crippen molar-refractivity contribution in [1.29, 1.82) is 0 Å². The van der Waals surface area contributed by atoms with Crippen LogP contribution in [-0.4, -0.2) is 35.8 Å². The second-order valence-electron chi connectivity index (χ2n) is 6.01. The number of amides is 4. The summed E-state index contributed by atoms with van der Waals surface area (Å²) in [5.41, 5.74) is -0.569. The van der Waals surface area contributed by atoms with Crippen molar-refractivity contribution < 1.29 is 14.4 Å². The first-order valence-corrected chi connectivity index (χ1v) is 8.43. The van der Waals surface area contributed by atoms with Crippen LogP contribution in [0.2, 0.25) is 5.02 Å². The summed E-state index contributed by atoms with van der Waals surface area (Å²) in [5.74, 6) is -0.784. The van der Waals surface area contributed by atoms with Crippen LogP contribution in [0.4, 0.5) is 4.79 Å². The maximum absolute atomic E-state index is 12.7. The number of unbranched alkanes of at least 4 members (excludes halogenated alkanes) is 2. The summed E-state index contributed by atoms with van der Waals surface area (Å²) in [6, 6.07) is 6.13. The number of carbonyl (C=O) groups excluding carboxylic acids is 3. The van der Waals surface area contributed by atoms with Gasteiger partial charge in [-0.2, -0.15) is 0 Å². The number of nitrogens with one attached hydrogen (secondary N) is 2. The summed E-state index contributed by atoms with van der Waals surface area (Å²) in [7, 11) is 0. The average molecular weight is 352 g/mol. The maximum atomic E-state index is 12.7. The van der Waals surface area contributed by atoms with Gasteiger partial charge in [-0.1, -0.05) is 43.5 Å². The van der Waals surface area contributed by atoms with E-state index in [0.29, 0.717) is 17.1 Å². The SMILES string of the molecule is CCCCCNC(=O)CN1C(=O)NC(C)(c2ccc(Cl)cc2)C1=O. The summed E-state index contributed by atoms with van der Waals surface area (Å²) in [6.07, 6.45) is 2.96. The van der Waals surface area contributed by atoms with Crippen molar-refractivity contribution in [3.8, 4) is 0 Å². The predicted molar refractivity (Wildman–Crippen MR) is 91.6 cm³/mol. The molecule has 0 bridgehead atoms. The first-order chi connectivity index (χ1) is 11.4. The van der Waals surface area contributed by atoms with Gasteiger partial charge in [0, 0.05) is 11.6 Å². The van der Waals surface area contributed by atoms with E-state index < -0.39 is 17.5 Å². The van der Waals surface area contributed by atoms with Crippen LogP contribution >= 0.6 is 11.6 Å². The van der Waals surface area contributed by atoms with Gasteiger partial charge in [0.1, 0.15) is 12.1 Å². The van der Waals surface area contributed by atoms with Gasteiger partial charge in [-0.25, -0.2) is 4.79 Å². The van der Waals surface area contributed by atoms with E-state index in [1.807, 2.05) is 0 Å². The number of halogens is 1. The molecule has 1 unspecified atom stereocenters. The smallest absolute Gasteiger partial charge is 0.325 e. The molecule has 130 valence electrons. The zero-order valence-electron chi connectivity index (χ0n) is 13.9. The van der Waals surface area contributed by atoms with E-state index in [4.69, 9.17) is 11.6 Å². The molecular formula is C17H22ClN3O3. The fourth-order valence-corrected chi connectivity index (χ4v) is 2.75. The quantitative estimate of drug-likeness (QED) is 0.585. The predicted octanol–water partition coefficient (Wildman–Crippen LogP) is 2.41. The molecule has 1 aliphatic rings. The van der Waals surface area contributed by atoms with Crippen LogP contribution in [0.3, 0.4) is 0 Å². The van der Waals surface area contributed by atoms with Crippen molar-refractivity contribution in [2.45, 2.75) is 38.6 Å². The first-order valence-electron chi connectivity index (χ1n) is 8.05. The van der Waals surface area contributed by atoms with Gasteiger partial charge in [0.15, 0.2) is 0 Å². The Kier molecular flexibility index (Phi) is 5.83. The zero-order chi connectivity index (χ0) is 17.7. The van der Waals surface area contributed by atoms with Crippen molar-refractivity contribution in [2.75, 3.05) is 13.1 Å². The largest absolute Gasteiger partial charge is 0.355 e. The van der Waals surface area contributed by atoms with Crippen molar-refractivity contribution in [3.63, 3.8) is 0 Å². The molecule has 0 radical (unpaired) electrons. The lowest BCUT2D eigenvalue weighted by atomic mass is 9.92. The molecule has 7 heteroatoms. The summed E-state index contributed by atoms with van der Waals surface area (Å²) < 4.78 is 0. The average Bonchev–Trinajstić information content (AvgIpc) is 2.76. The van der Waals surface area contributed by atoms with Gasteiger partial charge in [0.25, 0.3) is 5.91 Å². The van der Waals surface area contributed by atoms with E-state index in [1.165, 1.54) is 0 Å². The third-order valence-corrected chi connectivity index (χ3v) is 4.35. The molecule has 2 rings (SSSR count). The van der Waals surface area contributed by atoms with Gasteiger partial charge < -0.3 is 10.6 Å². The highest BCUT2D eigenvalue weighted by molar-refractivity contribution is 6.30. The van der Waals surface area contributed by atoms with Crippen molar-refractivity contribution in [2.24, 2.45) is 0 Å². The number of rotatable bonds is 7. The molecule has 6 nitrogen and oxygen atoms in total. The number of carbonyl (C=O) groups is 3. The second-order valence-corrected chi connectivity index (χ2v) is 6.45. The number of imide groups is 1. The lowest BCUT2D eigenvalue weighted by Crippen LogP contribution is -2.43. The third kappa shape index (κ3) is 3.87. The Hall–Kier alpha value is -2.08. The number of nitrogens with zero attached hydrogens (tertiary/aromatic N) is 1. The van der Waals surface area contributed by atoms with Crippen LogP contribution in [0.25, 0.3) is 0 Å². The molecule has 0 spiro atoms. The van der Waals surface area contributed by atoms with Gasteiger partial charge in [-0.15, -0.1) is 0 Å². The monoisotopic (exact) mass is 351 g/mol. The van der Waals surface area contributed by atoms with Crippen LogP contribution < -0.4 is 10.6 Å². The fourth-order valence-electron chi connectivity index (χ4n) is 2.62. The van der Waals surface area contributed by atoms with Crippen LogP contribution in [0.1, 0.15) is 38.7 Å². The minimum Gasteiger partial charge on any atom is -0.355 e. The Balaban J connectivity index is 2.03. The molecule has 1 heterocycles. The van der Waals surface area contributed by atoms with Crippen LogP contribution in [0.5, 0.6) is 0 Å². The lowest BCUT2D eigenvalue weighted by molar-refractivity contribution is -0.134. The molecule has 4 amide bonds. The molecule has 0 saturated carbocycles. The molecular weight excluding hydrogens is 330 g/mol. The third-order valence-electron chi connectivity index (χ3n) is 4.10. The normalized spacial score (nSPS) is 20.2. The Morgan fingerprint density at radius 1 is 1.25 bits per heavy atom. The van der Waals surface area contributed by atoms with Gasteiger partial charge in [0.2, 0.25) is 5.91 Å². The standard InChI is InChI=1S/C17H22ClN3O3/c1-3-4-5-10-19-14(22)11-21-15(23)17(2,20-16(21)24)12-6-8-13(18)9-7-12/h6-9H,3-5,10-11H2,1-2H3,(H,19,22)(H,20,24). The van der Waals surface area contributed by atoms with Crippen LogP contribution in [0, 0.1) is 0 Å². The summed E-state index contributed by atoms with van der Waals surface area (Å²) in [5, 5.41) is 5.94. The van der Waals surface area contributed by atoms with E-state index in [1.54, 1.807) is 31.2 Å². The second kappa shape index (κ2) is 7.66. The summed E-state index contributed by atoms with van der Waals surface area (Å²) >= 11 is 5.86. The molecule has 24 heavy (non-hydrogen) atoms. The Morgan fingerprint density at radius 2 is 1.92 bits per heavy atom. The maximum Gasteiger partial charge on any atom is 0.325 e. The fraction of sp³-hybridized carbons (Fsp3) is 0.471. The number of hydrogen-bond acceptors (Lipinski definition) is 3. The van der Waals surface area contributed by atoms with E-state index in [-0.39, 0.29) is 12.5 Å². The molecule has 1 fully saturated rings. The molecule has 1 atom stereocenters. The number of hydrogen-bond donors (Lipinski definition) is 2. The molecule has 1 aromatic carbocycles.